The highest BCUT2D eigenvalue weighted by molar-refractivity contribution is 5.94. The van der Waals surface area contributed by atoms with E-state index in [1.807, 2.05) is 0 Å². The first-order valence-corrected chi connectivity index (χ1v) is 14.7. The van der Waals surface area contributed by atoms with Crippen LogP contribution in [0.25, 0.3) is 0 Å². The van der Waals surface area contributed by atoms with Gasteiger partial charge in [0.25, 0.3) is 0 Å². The number of benzene rings is 5. The molecule has 0 aliphatic carbocycles. The van der Waals surface area contributed by atoms with Gasteiger partial charge in [-0.1, -0.05) is 82.3 Å². The second kappa shape index (κ2) is 8.85. The van der Waals surface area contributed by atoms with E-state index in [1.165, 1.54) is 73.1 Å². The molecular formula is C39H38N2. The summed E-state index contributed by atoms with van der Waals surface area (Å²) in [6.07, 6.45) is 0. The van der Waals surface area contributed by atoms with Crippen molar-refractivity contribution in [2.24, 2.45) is 0 Å². The van der Waals surface area contributed by atoms with Gasteiger partial charge in [-0.3, -0.25) is 0 Å². The highest BCUT2D eigenvalue weighted by Gasteiger charge is 2.45. The monoisotopic (exact) mass is 534 g/mol. The summed E-state index contributed by atoms with van der Waals surface area (Å²) in [7, 11) is 0. The van der Waals surface area contributed by atoms with Crippen molar-refractivity contribution in [3.63, 3.8) is 0 Å². The van der Waals surface area contributed by atoms with Crippen LogP contribution >= 0.6 is 0 Å². The molecule has 0 atom stereocenters. The second-order valence-electron chi connectivity index (χ2n) is 13.0. The van der Waals surface area contributed by atoms with Crippen molar-refractivity contribution in [2.45, 2.75) is 59.3 Å². The predicted molar refractivity (Wildman–Crippen MR) is 174 cm³/mol. The Balaban J connectivity index is 1.49. The summed E-state index contributed by atoms with van der Waals surface area (Å²) < 4.78 is 0. The van der Waals surface area contributed by atoms with Gasteiger partial charge in [0.15, 0.2) is 0 Å². The van der Waals surface area contributed by atoms with E-state index in [9.17, 15) is 0 Å². The Kier molecular flexibility index (Phi) is 5.54. The fourth-order valence-corrected chi connectivity index (χ4v) is 7.30. The van der Waals surface area contributed by atoms with Gasteiger partial charge < -0.3 is 9.80 Å². The van der Waals surface area contributed by atoms with Gasteiger partial charge in [0.2, 0.25) is 0 Å². The van der Waals surface area contributed by atoms with Crippen LogP contribution in [0.15, 0.2) is 103 Å². The summed E-state index contributed by atoms with van der Waals surface area (Å²) in [4.78, 5) is 4.95. The molecule has 0 saturated carbocycles. The second-order valence-corrected chi connectivity index (χ2v) is 13.0. The number of anilines is 6. The van der Waals surface area contributed by atoms with Crippen LogP contribution in [-0.4, -0.2) is 0 Å². The third-order valence-corrected chi connectivity index (χ3v) is 9.30. The molecule has 2 aliphatic heterocycles. The van der Waals surface area contributed by atoms with Crippen LogP contribution in [0.2, 0.25) is 0 Å². The maximum atomic E-state index is 2.53. The van der Waals surface area contributed by atoms with Crippen LogP contribution in [0.5, 0.6) is 0 Å². The summed E-state index contributed by atoms with van der Waals surface area (Å²) in [5, 5.41) is 0. The minimum Gasteiger partial charge on any atom is -0.310 e. The zero-order valence-electron chi connectivity index (χ0n) is 25.2. The maximum Gasteiger partial charge on any atom is 0.0543 e. The number of rotatable bonds is 3. The van der Waals surface area contributed by atoms with Crippen molar-refractivity contribution < 1.29 is 0 Å². The van der Waals surface area contributed by atoms with Gasteiger partial charge in [-0.2, -0.15) is 0 Å². The zero-order valence-corrected chi connectivity index (χ0v) is 25.2. The standard InChI is InChI=1S/C39H38N2/c1-25-12-10-13-28(21-25)40(30-22-26(2)20-27(3)23-30)29-18-19-36-34(24-29)39(6,7)33-16-11-15-32-37(33)41(36)35-17-9-8-14-31(35)38(32,4)5/h8-24H,1-7H3. The van der Waals surface area contributed by atoms with Gasteiger partial charge in [-0.05, 0) is 108 Å². The Hall–Kier alpha value is -4.30. The van der Waals surface area contributed by atoms with Crippen LogP contribution < -0.4 is 9.80 Å². The van der Waals surface area contributed by atoms with E-state index in [1.54, 1.807) is 0 Å². The number of para-hydroxylation sites is 2. The first-order valence-electron chi connectivity index (χ1n) is 14.7. The van der Waals surface area contributed by atoms with E-state index in [2.05, 4.69) is 161 Å². The Morgan fingerprint density at radius 1 is 0.463 bits per heavy atom. The van der Waals surface area contributed by atoms with Crippen molar-refractivity contribution in [1.82, 2.24) is 0 Å². The molecule has 0 saturated heterocycles. The minimum atomic E-state index is -0.170. The molecule has 0 bridgehead atoms. The number of hydrogen-bond donors (Lipinski definition) is 0. The topological polar surface area (TPSA) is 6.48 Å². The smallest absolute Gasteiger partial charge is 0.0543 e. The lowest BCUT2D eigenvalue weighted by atomic mass is 9.66. The van der Waals surface area contributed by atoms with Gasteiger partial charge in [0.05, 0.1) is 17.1 Å². The SMILES string of the molecule is Cc1cccc(N(c2cc(C)cc(C)c2)c2ccc3c(c2)C(C)(C)c2cccc4c2N3c2ccccc2C4(C)C)c1. The Labute approximate surface area is 244 Å². The molecule has 41 heavy (non-hydrogen) atoms. The maximum absolute atomic E-state index is 2.53. The molecule has 2 heterocycles. The minimum absolute atomic E-state index is 0.0725. The van der Waals surface area contributed by atoms with Crippen LogP contribution in [0, 0.1) is 20.8 Å². The molecule has 0 amide bonds. The average Bonchev–Trinajstić information content (AvgIpc) is 2.93. The van der Waals surface area contributed by atoms with Crippen LogP contribution in [-0.2, 0) is 10.8 Å². The molecule has 2 heteroatoms. The molecule has 0 N–H and O–H groups in total. The molecule has 5 aromatic rings. The lowest BCUT2D eigenvalue weighted by molar-refractivity contribution is 0.597. The molecule has 204 valence electrons. The largest absolute Gasteiger partial charge is 0.310 e. The predicted octanol–water partition coefficient (Wildman–Crippen LogP) is 10.8. The number of nitrogens with zero attached hydrogens (tertiary/aromatic N) is 2. The normalized spacial score (nSPS) is 15.5. The molecule has 2 aliphatic rings. The third-order valence-electron chi connectivity index (χ3n) is 9.30. The number of fused-ring (bicyclic) bond motifs is 4. The Morgan fingerprint density at radius 2 is 1.02 bits per heavy atom. The quantitative estimate of drug-likeness (QED) is 0.227. The van der Waals surface area contributed by atoms with Gasteiger partial charge in [-0.25, -0.2) is 0 Å². The molecule has 7 rings (SSSR count). The van der Waals surface area contributed by atoms with Crippen molar-refractivity contribution in [3.8, 4) is 0 Å². The third kappa shape index (κ3) is 3.77. The fourth-order valence-electron chi connectivity index (χ4n) is 7.30. The van der Waals surface area contributed by atoms with E-state index < -0.39 is 0 Å². The lowest BCUT2D eigenvalue weighted by Crippen LogP contribution is -2.38. The van der Waals surface area contributed by atoms with Crippen LogP contribution in [0.3, 0.4) is 0 Å². The van der Waals surface area contributed by atoms with Gasteiger partial charge in [0.1, 0.15) is 0 Å². The van der Waals surface area contributed by atoms with E-state index in [4.69, 9.17) is 0 Å². The lowest BCUT2D eigenvalue weighted by Gasteiger charge is -2.49. The van der Waals surface area contributed by atoms with E-state index >= 15 is 0 Å². The summed E-state index contributed by atoms with van der Waals surface area (Å²) in [6, 6.07) is 38.7. The molecule has 0 fully saturated rings. The van der Waals surface area contributed by atoms with E-state index in [0.717, 1.165) is 0 Å². The van der Waals surface area contributed by atoms with Gasteiger partial charge in [-0.15, -0.1) is 0 Å². The van der Waals surface area contributed by atoms with Crippen LogP contribution in [0.1, 0.15) is 66.6 Å². The summed E-state index contributed by atoms with van der Waals surface area (Å²) >= 11 is 0. The van der Waals surface area contributed by atoms with E-state index in [0.29, 0.717) is 0 Å². The van der Waals surface area contributed by atoms with Gasteiger partial charge in [0, 0.05) is 27.9 Å². The first-order chi connectivity index (χ1) is 19.6. The summed E-state index contributed by atoms with van der Waals surface area (Å²) in [5.41, 5.74) is 16.5. The fraction of sp³-hybridized carbons (Fsp3) is 0.231. The summed E-state index contributed by atoms with van der Waals surface area (Å²) in [5.74, 6) is 0. The molecule has 0 aromatic heterocycles. The van der Waals surface area contributed by atoms with Gasteiger partial charge >= 0.3 is 0 Å². The first kappa shape index (κ1) is 25.7. The van der Waals surface area contributed by atoms with Crippen molar-refractivity contribution in [3.05, 3.63) is 142 Å². The summed E-state index contributed by atoms with van der Waals surface area (Å²) in [6.45, 7) is 16.1. The van der Waals surface area contributed by atoms with Crippen molar-refractivity contribution in [2.75, 3.05) is 9.80 Å². The zero-order chi connectivity index (χ0) is 28.7. The molecule has 0 radical (unpaired) electrons. The Bertz CT molecular complexity index is 1820. The van der Waals surface area contributed by atoms with Crippen molar-refractivity contribution in [1.29, 1.82) is 0 Å². The molecule has 5 aromatic carbocycles. The molecular weight excluding hydrogens is 496 g/mol. The highest BCUT2D eigenvalue weighted by atomic mass is 15.2. The molecule has 0 unspecified atom stereocenters. The number of hydrogen-bond acceptors (Lipinski definition) is 2. The Morgan fingerprint density at radius 3 is 1.73 bits per heavy atom. The molecule has 0 spiro atoms. The molecule has 2 nitrogen and oxygen atoms in total. The van der Waals surface area contributed by atoms with Crippen LogP contribution in [0.4, 0.5) is 34.1 Å². The average molecular weight is 535 g/mol. The highest BCUT2D eigenvalue weighted by Crippen LogP contribution is 2.60. The van der Waals surface area contributed by atoms with Crippen molar-refractivity contribution >= 4 is 34.1 Å². The number of aryl methyl sites for hydroxylation is 3. The van der Waals surface area contributed by atoms with E-state index in [-0.39, 0.29) is 10.8 Å².